The lowest BCUT2D eigenvalue weighted by Gasteiger charge is -2.27. The lowest BCUT2D eigenvalue weighted by atomic mass is 9.97. The van der Waals surface area contributed by atoms with Gasteiger partial charge in [0.1, 0.15) is 0 Å². The number of halogens is 1. The first kappa shape index (κ1) is 18.7. The van der Waals surface area contributed by atoms with Gasteiger partial charge in [-0.15, -0.1) is 0 Å². The maximum absolute atomic E-state index is 12.1. The number of ether oxygens (including phenoxy) is 1. The van der Waals surface area contributed by atoms with Gasteiger partial charge in [-0.05, 0) is 31.5 Å². The van der Waals surface area contributed by atoms with Crippen molar-refractivity contribution in [2.45, 2.75) is 33.1 Å². The first-order valence-corrected chi connectivity index (χ1v) is 8.94. The molecule has 0 aliphatic carbocycles. The summed E-state index contributed by atoms with van der Waals surface area (Å²) < 4.78 is 5.08. The minimum Gasteiger partial charge on any atom is -0.466 e. The zero-order valence-corrected chi connectivity index (χ0v) is 15.1. The summed E-state index contributed by atoms with van der Waals surface area (Å²) in [7, 11) is 0. The summed E-state index contributed by atoms with van der Waals surface area (Å²) in [6.45, 7) is 6.76. The van der Waals surface area contributed by atoms with Crippen molar-refractivity contribution < 1.29 is 19.2 Å². The predicted octanol–water partition coefficient (Wildman–Crippen LogP) is 1.84. The van der Waals surface area contributed by atoms with Gasteiger partial charge in [0.25, 0.3) is 0 Å². The van der Waals surface area contributed by atoms with Crippen LogP contribution in [0.3, 0.4) is 0 Å². The summed E-state index contributed by atoms with van der Waals surface area (Å²) in [6, 6.07) is 5.50. The molecule has 1 fully saturated rings. The van der Waals surface area contributed by atoms with E-state index in [4.69, 9.17) is 16.3 Å². The van der Waals surface area contributed by atoms with Crippen molar-refractivity contribution >= 4 is 29.2 Å². The second-order valence-electron chi connectivity index (χ2n) is 6.24. The van der Waals surface area contributed by atoms with Crippen molar-refractivity contribution in [2.75, 3.05) is 31.6 Å². The van der Waals surface area contributed by atoms with Crippen LogP contribution in [-0.4, -0.2) is 38.1 Å². The highest BCUT2D eigenvalue weighted by Gasteiger charge is 2.28. The molecule has 1 amide bonds. The summed E-state index contributed by atoms with van der Waals surface area (Å²) in [6.07, 6.45) is 2.14. The van der Waals surface area contributed by atoms with E-state index in [0.717, 1.165) is 43.7 Å². The Labute approximate surface area is 148 Å². The predicted molar refractivity (Wildman–Crippen MR) is 94.4 cm³/mol. The van der Waals surface area contributed by atoms with Gasteiger partial charge < -0.3 is 15.0 Å². The average Bonchev–Trinajstić information content (AvgIpc) is 2.58. The van der Waals surface area contributed by atoms with Crippen LogP contribution in [0, 0.1) is 12.8 Å². The Morgan fingerprint density at radius 3 is 2.71 bits per heavy atom. The van der Waals surface area contributed by atoms with Crippen molar-refractivity contribution in [2.24, 2.45) is 5.92 Å². The molecule has 0 atom stereocenters. The number of quaternary nitrogens is 1. The SMILES string of the molecule is CCOC(=O)C1CC[NH+](CCC(=O)Nc2cccc(Cl)c2C)CC1. The number of hydrogen-bond donors (Lipinski definition) is 2. The number of amides is 1. The van der Waals surface area contributed by atoms with Crippen LogP contribution in [-0.2, 0) is 14.3 Å². The molecule has 1 saturated heterocycles. The molecule has 0 spiro atoms. The van der Waals surface area contributed by atoms with E-state index in [-0.39, 0.29) is 17.8 Å². The van der Waals surface area contributed by atoms with Crippen LogP contribution in [0.25, 0.3) is 0 Å². The Hall–Kier alpha value is -1.59. The third kappa shape index (κ3) is 5.21. The summed E-state index contributed by atoms with van der Waals surface area (Å²) in [5, 5.41) is 3.58. The van der Waals surface area contributed by atoms with Crippen molar-refractivity contribution in [3.05, 3.63) is 28.8 Å². The van der Waals surface area contributed by atoms with Crippen LogP contribution in [0.5, 0.6) is 0 Å². The second-order valence-corrected chi connectivity index (χ2v) is 6.64. The molecule has 0 unspecified atom stereocenters. The number of anilines is 1. The lowest BCUT2D eigenvalue weighted by molar-refractivity contribution is -0.905. The maximum Gasteiger partial charge on any atom is 0.309 e. The van der Waals surface area contributed by atoms with Crippen LogP contribution in [0.15, 0.2) is 18.2 Å². The van der Waals surface area contributed by atoms with Crippen LogP contribution in [0.1, 0.15) is 31.7 Å². The van der Waals surface area contributed by atoms with Gasteiger partial charge in [0.15, 0.2) is 0 Å². The van der Waals surface area contributed by atoms with Crippen molar-refractivity contribution in [3.8, 4) is 0 Å². The van der Waals surface area contributed by atoms with Gasteiger partial charge in [0.2, 0.25) is 5.91 Å². The maximum atomic E-state index is 12.1. The van der Waals surface area contributed by atoms with Gasteiger partial charge in [-0.25, -0.2) is 0 Å². The normalized spacial score (nSPS) is 20.5. The van der Waals surface area contributed by atoms with E-state index in [0.29, 0.717) is 18.1 Å². The Bertz CT molecular complexity index is 584. The Morgan fingerprint density at radius 2 is 2.04 bits per heavy atom. The number of likely N-dealkylation sites (tertiary alicyclic amines) is 1. The summed E-state index contributed by atoms with van der Waals surface area (Å²) in [5.41, 5.74) is 1.65. The Balaban J connectivity index is 1.73. The zero-order valence-electron chi connectivity index (χ0n) is 14.4. The third-order valence-electron chi connectivity index (χ3n) is 4.56. The quantitative estimate of drug-likeness (QED) is 0.767. The van der Waals surface area contributed by atoms with E-state index in [1.165, 1.54) is 4.90 Å². The van der Waals surface area contributed by atoms with Gasteiger partial charge >= 0.3 is 5.97 Å². The monoisotopic (exact) mass is 353 g/mol. The first-order valence-electron chi connectivity index (χ1n) is 8.56. The molecular weight excluding hydrogens is 328 g/mol. The minimum atomic E-state index is -0.0780. The number of piperidine rings is 1. The average molecular weight is 354 g/mol. The molecule has 2 N–H and O–H groups in total. The number of esters is 1. The number of carbonyl (C=O) groups excluding carboxylic acids is 2. The van der Waals surface area contributed by atoms with Crippen molar-refractivity contribution in [3.63, 3.8) is 0 Å². The molecule has 5 nitrogen and oxygen atoms in total. The molecule has 2 rings (SSSR count). The summed E-state index contributed by atoms with van der Waals surface area (Å²) >= 11 is 6.06. The molecular formula is C18H26ClN2O3+. The standard InChI is InChI=1S/C18H25ClN2O3/c1-3-24-18(23)14-7-10-21(11-8-14)12-9-17(22)20-16-6-4-5-15(19)13(16)2/h4-6,14H,3,7-12H2,1-2H3,(H,20,22)/p+1. The smallest absolute Gasteiger partial charge is 0.309 e. The van der Waals surface area contributed by atoms with Gasteiger partial charge in [0.05, 0.1) is 38.6 Å². The number of carbonyl (C=O) groups is 2. The molecule has 6 heteroatoms. The largest absolute Gasteiger partial charge is 0.466 e. The molecule has 1 heterocycles. The molecule has 0 bridgehead atoms. The lowest BCUT2D eigenvalue weighted by Crippen LogP contribution is -3.13. The molecule has 24 heavy (non-hydrogen) atoms. The zero-order chi connectivity index (χ0) is 17.5. The van der Waals surface area contributed by atoms with Gasteiger partial charge in [-0.3, -0.25) is 9.59 Å². The molecule has 1 aliphatic rings. The highest BCUT2D eigenvalue weighted by atomic mass is 35.5. The third-order valence-corrected chi connectivity index (χ3v) is 4.97. The van der Waals surface area contributed by atoms with Gasteiger partial charge in [0, 0.05) is 23.6 Å². The Kier molecular flexibility index (Phi) is 7.06. The van der Waals surface area contributed by atoms with Gasteiger partial charge in [-0.1, -0.05) is 17.7 Å². The summed E-state index contributed by atoms with van der Waals surface area (Å²) in [5.74, 6) is -0.0530. The number of rotatable bonds is 6. The highest BCUT2D eigenvalue weighted by molar-refractivity contribution is 6.31. The fourth-order valence-corrected chi connectivity index (χ4v) is 3.19. The van der Waals surface area contributed by atoms with Crippen LogP contribution in [0.2, 0.25) is 5.02 Å². The Morgan fingerprint density at radius 1 is 1.33 bits per heavy atom. The van der Waals surface area contributed by atoms with Crippen molar-refractivity contribution in [1.29, 1.82) is 0 Å². The molecule has 1 aromatic carbocycles. The van der Waals surface area contributed by atoms with Gasteiger partial charge in [-0.2, -0.15) is 0 Å². The number of benzene rings is 1. The van der Waals surface area contributed by atoms with Crippen LogP contribution in [0.4, 0.5) is 5.69 Å². The number of hydrogen-bond acceptors (Lipinski definition) is 3. The molecule has 132 valence electrons. The molecule has 0 aromatic heterocycles. The molecule has 0 radical (unpaired) electrons. The van der Waals surface area contributed by atoms with Crippen LogP contribution >= 0.6 is 11.6 Å². The van der Waals surface area contributed by atoms with E-state index in [2.05, 4.69) is 5.32 Å². The fraction of sp³-hybridized carbons (Fsp3) is 0.556. The van der Waals surface area contributed by atoms with E-state index in [9.17, 15) is 9.59 Å². The van der Waals surface area contributed by atoms with E-state index < -0.39 is 0 Å². The first-order chi connectivity index (χ1) is 11.5. The minimum absolute atomic E-state index is 0.000354. The highest BCUT2D eigenvalue weighted by Crippen LogP contribution is 2.22. The van der Waals surface area contributed by atoms with E-state index >= 15 is 0 Å². The second kappa shape index (κ2) is 9.04. The molecule has 1 aromatic rings. The molecule has 0 saturated carbocycles. The fourth-order valence-electron chi connectivity index (χ4n) is 3.02. The van der Waals surface area contributed by atoms with E-state index in [1.54, 1.807) is 0 Å². The van der Waals surface area contributed by atoms with Crippen molar-refractivity contribution in [1.82, 2.24) is 0 Å². The number of nitrogens with one attached hydrogen (secondary N) is 2. The summed E-state index contributed by atoms with van der Waals surface area (Å²) in [4.78, 5) is 25.2. The van der Waals surface area contributed by atoms with Crippen LogP contribution < -0.4 is 10.2 Å². The topological polar surface area (TPSA) is 59.8 Å². The van der Waals surface area contributed by atoms with E-state index in [1.807, 2.05) is 32.0 Å². The molecule has 1 aliphatic heterocycles.